The van der Waals surface area contributed by atoms with Gasteiger partial charge in [0.2, 0.25) is 0 Å². The normalized spacial score (nSPS) is 10.1. The van der Waals surface area contributed by atoms with Crippen LogP contribution in [0.4, 0.5) is 5.69 Å². The number of amides is 2. The molecule has 0 bridgehead atoms. The van der Waals surface area contributed by atoms with Gasteiger partial charge in [0.05, 0.1) is 6.61 Å². The van der Waals surface area contributed by atoms with Crippen LogP contribution in [0, 0.1) is 0 Å². The highest BCUT2D eigenvalue weighted by atomic mass is 16.5. The summed E-state index contributed by atoms with van der Waals surface area (Å²) in [6.07, 6.45) is 0.911. The van der Waals surface area contributed by atoms with Gasteiger partial charge in [-0.05, 0) is 55.8 Å². The highest BCUT2D eigenvalue weighted by molar-refractivity contribution is 6.04. The number of anilines is 1. The molecule has 5 nitrogen and oxygen atoms in total. The summed E-state index contributed by atoms with van der Waals surface area (Å²) in [6.45, 7) is 5.09. The summed E-state index contributed by atoms with van der Waals surface area (Å²) in [7, 11) is 0. The Hall–Kier alpha value is -2.82. The van der Waals surface area contributed by atoms with Crippen LogP contribution in [0.25, 0.3) is 0 Å². The molecule has 2 rings (SSSR count). The summed E-state index contributed by atoms with van der Waals surface area (Å²) < 4.78 is 5.54. The quantitative estimate of drug-likeness (QED) is 0.818. The molecule has 0 radical (unpaired) electrons. The highest BCUT2D eigenvalue weighted by Gasteiger charge is 2.08. The van der Waals surface area contributed by atoms with Crippen LogP contribution in [0.1, 0.15) is 41.0 Å². The molecule has 0 fully saturated rings. The Kier molecular flexibility index (Phi) is 6.37. The molecular formula is C19H22N2O3. The van der Waals surface area contributed by atoms with Crippen LogP contribution >= 0.6 is 0 Å². The maximum atomic E-state index is 12.3. The van der Waals surface area contributed by atoms with Gasteiger partial charge in [0.15, 0.2) is 0 Å². The van der Waals surface area contributed by atoms with Crippen LogP contribution in [0.2, 0.25) is 0 Å². The van der Waals surface area contributed by atoms with Crippen molar-refractivity contribution in [3.63, 3.8) is 0 Å². The number of nitrogens with one attached hydrogen (secondary N) is 2. The van der Waals surface area contributed by atoms with Crippen molar-refractivity contribution < 1.29 is 14.3 Å². The largest absolute Gasteiger partial charge is 0.494 e. The zero-order valence-electron chi connectivity index (χ0n) is 14.0. The van der Waals surface area contributed by atoms with Crippen molar-refractivity contribution in [3.8, 4) is 5.75 Å². The van der Waals surface area contributed by atoms with Gasteiger partial charge in [0.25, 0.3) is 11.8 Å². The van der Waals surface area contributed by atoms with E-state index >= 15 is 0 Å². The molecule has 0 spiro atoms. The third kappa shape index (κ3) is 4.84. The first-order valence-electron chi connectivity index (χ1n) is 8.06. The third-order valence-electron chi connectivity index (χ3n) is 3.31. The molecule has 0 aromatic heterocycles. The lowest BCUT2D eigenvalue weighted by atomic mass is 10.1. The first kappa shape index (κ1) is 17.5. The van der Waals surface area contributed by atoms with Gasteiger partial charge in [0.1, 0.15) is 5.75 Å². The van der Waals surface area contributed by atoms with Gasteiger partial charge < -0.3 is 15.4 Å². The maximum absolute atomic E-state index is 12.3. The Morgan fingerprint density at radius 2 is 1.71 bits per heavy atom. The number of benzene rings is 2. The molecular weight excluding hydrogens is 304 g/mol. The molecule has 0 unspecified atom stereocenters. The van der Waals surface area contributed by atoms with E-state index in [1.165, 1.54) is 0 Å². The minimum atomic E-state index is -0.220. The summed E-state index contributed by atoms with van der Waals surface area (Å²) in [4.78, 5) is 24.0. The van der Waals surface area contributed by atoms with E-state index in [9.17, 15) is 9.59 Å². The first-order chi connectivity index (χ1) is 11.6. The van der Waals surface area contributed by atoms with Crippen molar-refractivity contribution >= 4 is 17.5 Å². The van der Waals surface area contributed by atoms with Gasteiger partial charge in [-0.3, -0.25) is 9.59 Å². The Labute approximate surface area is 142 Å². The van der Waals surface area contributed by atoms with Gasteiger partial charge in [0, 0.05) is 23.4 Å². The van der Waals surface area contributed by atoms with Crippen LogP contribution in [0.3, 0.4) is 0 Å². The van der Waals surface area contributed by atoms with E-state index in [2.05, 4.69) is 10.6 Å². The Morgan fingerprint density at radius 1 is 0.958 bits per heavy atom. The molecule has 2 aromatic rings. The fourth-order valence-electron chi connectivity index (χ4n) is 2.12. The molecule has 0 saturated heterocycles. The maximum Gasteiger partial charge on any atom is 0.255 e. The lowest BCUT2D eigenvalue weighted by Gasteiger charge is -2.09. The van der Waals surface area contributed by atoms with Crippen LogP contribution < -0.4 is 15.4 Å². The van der Waals surface area contributed by atoms with E-state index in [4.69, 9.17) is 4.74 Å². The fourth-order valence-corrected chi connectivity index (χ4v) is 2.12. The Morgan fingerprint density at radius 3 is 2.38 bits per heavy atom. The van der Waals surface area contributed by atoms with Crippen LogP contribution in [0.15, 0.2) is 48.5 Å². The van der Waals surface area contributed by atoms with Crippen molar-refractivity contribution in [1.82, 2.24) is 5.32 Å². The second-order valence-electron chi connectivity index (χ2n) is 5.27. The standard InChI is InChI=1S/C19H22N2O3/c1-3-12-24-17-7-5-6-15(13-17)19(23)21-16-10-8-14(9-11-16)18(22)20-4-2/h5-11,13H,3-4,12H2,1-2H3,(H,20,22)(H,21,23). The van der Waals surface area contributed by atoms with Gasteiger partial charge >= 0.3 is 0 Å². The van der Waals surface area contributed by atoms with Gasteiger partial charge in [-0.1, -0.05) is 13.0 Å². The summed E-state index contributed by atoms with van der Waals surface area (Å²) in [6, 6.07) is 13.8. The lowest BCUT2D eigenvalue weighted by Crippen LogP contribution is -2.22. The zero-order chi connectivity index (χ0) is 17.4. The molecule has 0 heterocycles. The number of hydrogen-bond acceptors (Lipinski definition) is 3. The predicted octanol–water partition coefficient (Wildman–Crippen LogP) is 3.48. The molecule has 2 N–H and O–H groups in total. The van der Waals surface area contributed by atoms with E-state index in [0.29, 0.717) is 35.7 Å². The highest BCUT2D eigenvalue weighted by Crippen LogP contribution is 2.16. The number of carbonyl (C=O) groups is 2. The Bertz CT molecular complexity index is 696. The minimum Gasteiger partial charge on any atom is -0.494 e. The smallest absolute Gasteiger partial charge is 0.255 e. The molecule has 0 aliphatic rings. The Balaban J connectivity index is 2.02. The predicted molar refractivity (Wildman–Crippen MR) is 94.6 cm³/mol. The van der Waals surface area contributed by atoms with Crippen molar-refractivity contribution in [1.29, 1.82) is 0 Å². The molecule has 0 aliphatic carbocycles. The second kappa shape index (κ2) is 8.72. The summed E-state index contributed by atoms with van der Waals surface area (Å²) >= 11 is 0. The molecule has 5 heteroatoms. The number of ether oxygens (including phenoxy) is 1. The summed E-state index contributed by atoms with van der Waals surface area (Å²) in [5, 5.41) is 5.54. The summed E-state index contributed by atoms with van der Waals surface area (Å²) in [5.74, 6) is 0.329. The van der Waals surface area contributed by atoms with E-state index in [-0.39, 0.29) is 11.8 Å². The average Bonchev–Trinajstić information content (AvgIpc) is 2.61. The minimum absolute atomic E-state index is 0.129. The molecule has 0 atom stereocenters. The topological polar surface area (TPSA) is 67.4 Å². The van der Waals surface area contributed by atoms with Crippen molar-refractivity contribution in [2.45, 2.75) is 20.3 Å². The molecule has 2 aromatic carbocycles. The number of hydrogen-bond donors (Lipinski definition) is 2. The van der Waals surface area contributed by atoms with Crippen LogP contribution in [-0.4, -0.2) is 25.0 Å². The average molecular weight is 326 g/mol. The van der Waals surface area contributed by atoms with Crippen LogP contribution in [0.5, 0.6) is 5.75 Å². The zero-order valence-corrected chi connectivity index (χ0v) is 14.0. The molecule has 0 aliphatic heterocycles. The molecule has 24 heavy (non-hydrogen) atoms. The van der Waals surface area contributed by atoms with Gasteiger partial charge in [-0.15, -0.1) is 0 Å². The SMILES string of the molecule is CCCOc1cccc(C(=O)Nc2ccc(C(=O)NCC)cc2)c1. The van der Waals surface area contributed by atoms with Crippen molar-refractivity contribution in [2.75, 3.05) is 18.5 Å². The fraction of sp³-hybridized carbons (Fsp3) is 0.263. The van der Waals surface area contributed by atoms with Crippen molar-refractivity contribution in [2.24, 2.45) is 0 Å². The van der Waals surface area contributed by atoms with E-state index in [1.54, 1.807) is 42.5 Å². The van der Waals surface area contributed by atoms with Crippen LogP contribution in [-0.2, 0) is 0 Å². The van der Waals surface area contributed by atoms with E-state index in [0.717, 1.165) is 6.42 Å². The molecule has 0 saturated carbocycles. The number of carbonyl (C=O) groups excluding carboxylic acids is 2. The van der Waals surface area contributed by atoms with Crippen molar-refractivity contribution in [3.05, 3.63) is 59.7 Å². The monoisotopic (exact) mass is 326 g/mol. The lowest BCUT2D eigenvalue weighted by molar-refractivity contribution is 0.0955. The third-order valence-corrected chi connectivity index (χ3v) is 3.31. The summed E-state index contributed by atoms with van der Waals surface area (Å²) in [5.41, 5.74) is 1.72. The van der Waals surface area contributed by atoms with E-state index < -0.39 is 0 Å². The van der Waals surface area contributed by atoms with E-state index in [1.807, 2.05) is 19.9 Å². The first-order valence-corrected chi connectivity index (χ1v) is 8.06. The molecule has 126 valence electrons. The van der Waals surface area contributed by atoms with Gasteiger partial charge in [-0.2, -0.15) is 0 Å². The number of rotatable bonds is 7. The van der Waals surface area contributed by atoms with Gasteiger partial charge in [-0.25, -0.2) is 0 Å². The molecule has 2 amide bonds. The second-order valence-corrected chi connectivity index (χ2v) is 5.27.